The maximum Gasteiger partial charge on any atom is 0.405 e. The number of hydrogen-bond acceptors (Lipinski definition) is 6. The smallest absolute Gasteiger partial charge is 0.405 e. The van der Waals surface area contributed by atoms with E-state index in [1.165, 1.54) is 21.6 Å². The molecule has 0 spiro atoms. The number of rotatable bonds is 11. The first-order chi connectivity index (χ1) is 18.0. The lowest BCUT2D eigenvalue weighted by molar-refractivity contribution is -0.123. The van der Waals surface area contributed by atoms with E-state index in [-0.39, 0.29) is 31.0 Å². The molecule has 38 heavy (non-hydrogen) atoms. The number of hydrogen-bond donors (Lipinski definition) is 4. The summed E-state index contributed by atoms with van der Waals surface area (Å²) in [7, 11) is 3.22. The number of allylic oxidation sites excluding steroid dienone is 1. The molecule has 12 heteroatoms. The van der Waals surface area contributed by atoms with Gasteiger partial charge >= 0.3 is 6.09 Å². The van der Waals surface area contributed by atoms with E-state index in [0.717, 1.165) is 23.1 Å². The highest BCUT2D eigenvalue weighted by Crippen LogP contribution is 2.18. The van der Waals surface area contributed by atoms with Crippen molar-refractivity contribution in [2.24, 2.45) is 5.92 Å². The first kappa shape index (κ1) is 28.1. The van der Waals surface area contributed by atoms with Gasteiger partial charge in [-0.15, -0.1) is 0 Å². The topological polar surface area (TPSA) is 162 Å². The van der Waals surface area contributed by atoms with E-state index >= 15 is 0 Å². The standard InChI is InChI=1S/C26H33N7O5/c1-16(2)14-20-23-17(11-12-27-20)28-21(31-23)15-33-13-7-9-19(25(33)36)29-24(35)18(30-26(37)38)8-5-6-10-22(34)32(3)4/h6-7,9-13,16,18,30H,5,8,14-15H2,1-4H3,(H,28,31)(H,29,35)(H,37,38)/b10-6+. The van der Waals surface area contributed by atoms with Gasteiger partial charge in [0.25, 0.3) is 5.56 Å². The molecule has 3 aromatic heterocycles. The molecule has 0 fully saturated rings. The Hall–Kier alpha value is -4.48. The molecule has 1 unspecified atom stereocenters. The zero-order valence-corrected chi connectivity index (χ0v) is 21.9. The summed E-state index contributed by atoms with van der Waals surface area (Å²) in [5, 5.41) is 13.8. The van der Waals surface area contributed by atoms with Gasteiger partial charge in [-0.05, 0) is 49.5 Å². The molecule has 0 radical (unpaired) electrons. The lowest BCUT2D eigenvalue weighted by atomic mass is 10.1. The molecule has 0 bridgehead atoms. The van der Waals surface area contributed by atoms with E-state index < -0.39 is 23.6 Å². The fourth-order valence-electron chi connectivity index (χ4n) is 3.80. The minimum atomic E-state index is -1.37. The zero-order chi connectivity index (χ0) is 27.8. The molecule has 0 saturated heterocycles. The van der Waals surface area contributed by atoms with E-state index in [9.17, 15) is 19.2 Å². The van der Waals surface area contributed by atoms with Crippen molar-refractivity contribution in [2.45, 2.75) is 45.7 Å². The van der Waals surface area contributed by atoms with Crippen LogP contribution in [0, 0.1) is 5.92 Å². The summed E-state index contributed by atoms with van der Waals surface area (Å²) in [6, 6.07) is 3.77. The van der Waals surface area contributed by atoms with Crippen molar-refractivity contribution in [3.8, 4) is 0 Å². The number of imidazole rings is 1. The van der Waals surface area contributed by atoms with Crippen molar-refractivity contribution < 1.29 is 19.5 Å². The molecule has 202 valence electrons. The van der Waals surface area contributed by atoms with Crippen molar-refractivity contribution in [2.75, 3.05) is 19.4 Å². The average molecular weight is 524 g/mol. The van der Waals surface area contributed by atoms with Crippen LogP contribution in [-0.2, 0) is 22.6 Å². The number of carbonyl (C=O) groups is 3. The average Bonchev–Trinajstić information content (AvgIpc) is 3.26. The van der Waals surface area contributed by atoms with E-state index in [1.54, 1.807) is 38.6 Å². The van der Waals surface area contributed by atoms with E-state index in [4.69, 9.17) is 5.11 Å². The summed E-state index contributed by atoms with van der Waals surface area (Å²) in [6.45, 7) is 4.35. The fraction of sp³-hybridized carbons (Fsp3) is 0.385. The van der Waals surface area contributed by atoms with Crippen molar-refractivity contribution in [3.63, 3.8) is 0 Å². The van der Waals surface area contributed by atoms with Gasteiger partial charge in [-0.25, -0.2) is 9.78 Å². The lowest BCUT2D eigenvalue weighted by Gasteiger charge is -2.16. The number of pyridine rings is 2. The third kappa shape index (κ3) is 7.51. The number of carbonyl (C=O) groups excluding carboxylic acids is 2. The molecule has 0 saturated carbocycles. The van der Waals surface area contributed by atoms with Gasteiger partial charge in [-0.2, -0.15) is 0 Å². The van der Waals surface area contributed by atoms with Gasteiger partial charge < -0.3 is 30.2 Å². The van der Waals surface area contributed by atoms with Crippen LogP contribution in [0.3, 0.4) is 0 Å². The van der Waals surface area contributed by atoms with Crippen LogP contribution in [0.15, 0.2) is 47.5 Å². The van der Waals surface area contributed by atoms with Gasteiger partial charge in [0.15, 0.2) is 0 Å². The molecule has 0 aliphatic heterocycles. The summed E-state index contributed by atoms with van der Waals surface area (Å²) in [5.41, 5.74) is 2.01. The molecule has 0 aliphatic carbocycles. The number of H-pyrrole nitrogens is 1. The number of carboxylic acid groups (broad SMARTS) is 1. The van der Waals surface area contributed by atoms with E-state index in [0.29, 0.717) is 11.7 Å². The second-order valence-corrected chi connectivity index (χ2v) is 9.49. The van der Waals surface area contributed by atoms with Crippen molar-refractivity contribution in [1.29, 1.82) is 0 Å². The number of nitrogens with zero attached hydrogens (tertiary/aromatic N) is 4. The second-order valence-electron chi connectivity index (χ2n) is 9.49. The summed E-state index contributed by atoms with van der Waals surface area (Å²) >= 11 is 0. The Bertz CT molecular complexity index is 1390. The van der Waals surface area contributed by atoms with Gasteiger partial charge in [0, 0.05) is 26.5 Å². The highest BCUT2D eigenvalue weighted by atomic mass is 16.4. The highest BCUT2D eigenvalue weighted by molar-refractivity contribution is 5.96. The number of aromatic nitrogens is 4. The molecule has 4 N–H and O–H groups in total. The van der Waals surface area contributed by atoms with Crippen LogP contribution in [0.5, 0.6) is 0 Å². The molecule has 0 aromatic carbocycles. The molecule has 3 heterocycles. The predicted molar refractivity (Wildman–Crippen MR) is 143 cm³/mol. The Morgan fingerprint density at radius 2 is 2.00 bits per heavy atom. The quantitative estimate of drug-likeness (QED) is 0.280. The Balaban J connectivity index is 1.74. The Morgan fingerprint density at radius 3 is 2.68 bits per heavy atom. The van der Waals surface area contributed by atoms with Crippen LogP contribution in [0.1, 0.15) is 38.2 Å². The first-order valence-corrected chi connectivity index (χ1v) is 12.2. The number of anilines is 1. The van der Waals surface area contributed by atoms with Gasteiger partial charge in [0.1, 0.15) is 23.1 Å². The summed E-state index contributed by atoms with van der Waals surface area (Å²) in [5.74, 6) is 0.0712. The fourth-order valence-corrected chi connectivity index (χ4v) is 3.80. The number of likely N-dealkylation sites (N-methyl/N-ethyl adjacent to an activating group) is 1. The van der Waals surface area contributed by atoms with E-state index in [1.807, 2.05) is 6.07 Å². The van der Waals surface area contributed by atoms with Gasteiger partial charge in [0.05, 0.1) is 17.8 Å². The third-order valence-corrected chi connectivity index (χ3v) is 5.66. The summed E-state index contributed by atoms with van der Waals surface area (Å²) in [4.78, 5) is 62.5. The summed E-state index contributed by atoms with van der Waals surface area (Å²) in [6.07, 6.45) is 6.00. The Morgan fingerprint density at radius 1 is 1.24 bits per heavy atom. The first-order valence-electron chi connectivity index (χ1n) is 12.2. The maximum absolute atomic E-state index is 13.1. The monoisotopic (exact) mass is 523 g/mol. The SMILES string of the molecule is CC(C)Cc1nccc2[nH]c(Cn3cccc(NC(=O)C(CC/C=C/C(=O)N(C)C)NC(=O)O)c3=O)nc12. The van der Waals surface area contributed by atoms with Crippen LogP contribution in [0.2, 0.25) is 0 Å². The maximum atomic E-state index is 13.1. The minimum Gasteiger partial charge on any atom is -0.465 e. The summed E-state index contributed by atoms with van der Waals surface area (Å²) < 4.78 is 1.40. The molecule has 12 nitrogen and oxygen atoms in total. The van der Waals surface area contributed by atoms with Crippen molar-refractivity contribution in [3.05, 3.63) is 64.6 Å². The van der Waals surface area contributed by atoms with Crippen molar-refractivity contribution in [1.82, 2.24) is 29.7 Å². The molecule has 3 aromatic rings. The van der Waals surface area contributed by atoms with Gasteiger partial charge in [-0.1, -0.05) is 19.9 Å². The molecular weight excluding hydrogens is 490 g/mol. The van der Waals surface area contributed by atoms with Crippen LogP contribution < -0.4 is 16.2 Å². The van der Waals surface area contributed by atoms with Crippen LogP contribution in [-0.4, -0.2) is 67.6 Å². The van der Waals surface area contributed by atoms with Crippen LogP contribution in [0.4, 0.5) is 10.5 Å². The molecule has 1 atom stereocenters. The van der Waals surface area contributed by atoms with Crippen molar-refractivity contribution >= 4 is 34.6 Å². The second kappa shape index (κ2) is 12.7. The molecule has 3 rings (SSSR count). The Labute approximate surface area is 219 Å². The molecule has 0 aliphatic rings. The normalized spacial score (nSPS) is 12.1. The zero-order valence-electron chi connectivity index (χ0n) is 21.9. The predicted octanol–water partition coefficient (Wildman–Crippen LogP) is 2.37. The number of aromatic amines is 1. The van der Waals surface area contributed by atoms with Gasteiger partial charge in [0.2, 0.25) is 11.8 Å². The number of fused-ring (bicyclic) bond motifs is 1. The largest absolute Gasteiger partial charge is 0.465 e. The minimum absolute atomic E-state index is 0.00583. The number of amides is 3. The third-order valence-electron chi connectivity index (χ3n) is 5.66. The van der Waals surface area contributed by atoms with E-state index in [2.05, 4.69) is 39.4 Å². The molecule has 3 amide bonds. The molecular formula is C26H33N7O5. The highest BCUT2D eigenvalue weighted by Gasteiger charge is 2.21. The number of nitrogens with one attached hydrogen (secondary N) is 3. The van der Waals surface area contributed by atoms with Crippen LogP contribution >= 0.6 is 0 Å². The van der Waals surface area contributed by atoms with Gasteiger partial charge in [-0.3, -0.25) is 19.4 Å². The Kier molecular flexibility index (Phi) is 9.36. The van der Waals surface area contributed by atoms with Crippen LogP contribution in [0.25, 0.3) is 11.0 Å². The lowest BCUT2D eigenvalue weighted by Crippen LogP contribution is -2.44.